The highest BCUT2D eigenvalue weighted by Crippen LogP contribution is 2.30. The number of phenols is 1. The first-order valence-electron chi connectivity index (χ1n) is 4.22. The molecular formula is C10H7F2NO3. The van der Waals surface area contributed by atoms with E-state index in [4.69, 9.17) is 10.4 Å². The average Bonchev–Trinajstić information content (AvgIpc) is 2.19. The van der Waals surface area contributed by atoms with Gasteiger partial charge in [-0.05, 0) is 12.1 Å². The van der Waals surface area contributed by atoms with Gasteiger partial charge in [-0.2, -0.15) is 5.26 Å². The van der Waals surface area contributed by atoms with Gasteiger partial charge < -0.3 is 10.2 Å². The fraction of sp³-hybridized carbons (Fsp3) is 0.200. The van der Waals surface area contributed by atoms with Crippen LogP contribution in [0.25, 0.3) is 0 Å². The van der Waals surface area contributed by atoms with Gasteiger partial charge in [-0.15, -0.1) is 0 Å². The Hall–Kier alpha value is -2.16. The molecule has 0 aliphatic heterocycles. The zero-order valence-corrected chi connectivity index (χ0v) is 7.94. The fourth-order valence-corrected chi connectivity index (χ4v) is 1.30. The van der Waals surface area contributed by atoms with Gasteiger partial charge >= 0.3 is 5.97 Å². The van der Waals surface area contributed by atoms with Crippen LogP contribution in [-0.2, 0) is 11.2 Å². The van der Waals surface area contributed by atoms with Crippen molar-refractivity contribution < 1.29 is 23.8 Å². The molecule has 2 N–H and O–H groups in total. The number of carbonyl (C=O) groups is 1. The second-order valence-electron chi connectivity index (χ2n) is 3.01. The summed E-state index contributed by atoms with van der Waals surface area (Å²) < 4.78 is 25.0. The van der Waals surface area contributed by atoms with Crippen LogP contribution in [0.5, 0.6) is 5.75 Å². The van der Waals surface area contributed by atoms with Crippen molar-refractivity contribution in [2.75, 3.05) is 0 Å². The van der Waals surface area contributed by atoms with Crippen molar-refractivity contribution in [2.24, 2.45) is 0 Å². The lowest BCUT2D eigenvalue weighted by Crippen LogP contribution is -2.05. The molecule has 0 aromatic heterocycles. The smallest absolute Gasteiger partial charge is 0.308 e. The summed E-state index contributed by atoms with van der Waals surface area (Å²) in [5, 5.41) is 26.5. The highest BCUT2D eigenvalue weighted by Gasteiger charge is 2.20. The normalized spacial score (nSPS) is 10.1. The quantitative estimate of drug-likeness (QED) is 0.825. The van der Waals surface area contributed by atoms with E-state index >= 15 is 0 Å². The van der Waals surface area contributed by atoms with E-state index in [0.29, 0.717) is 0 Å². The Labute approximate surface area is 89.4 Å². The van der Waals surface area contributed by atoms with Crippen molar-refractivity contribution in [3.63, 3.8) is 0 Å². The van der Waals surface area contributed by atoms with Crippen molar-refractivity contribution in [2.45, 2.75) is 12.8 Å². The molecule has 0 fully saturated rings. The predicted octanol–water partition coefficient (Wildman–Crippen LogP) is 1.83. The SMILES string of the molecule is N#Cc1c(C(F)F)ccc(O)c1CC(=O)O. The van der Waals surface area contributed by atoms with Crippen molar-refractivity contribution in [1.29, 1.82) is 5.26 Å². The minimum Gasteiger partial charge on any atom is -0.508 e. The molecule has 0 aliphatic carbocycles. The Morgan fingerprint density at radius 3 is 2.56 bits per heavy atom. The minimum absolute atomic E-state index is 0.284. The number of hydrogen-bond donors (Lipinski definition) is 2. The van der Waals surface area contributed by atoms with E-state index in [2.05, 4.69) is 0 Å². The third-order valence-electron chi connectivity index (χ3n) is 2.00. The van der Waals surface area contributed by atoms with E-state index in [9.17, 15) is 18.7 Å². The van der Waals surface area contributed by atoms with E-state index in [1.54, 1.807) is 0 Å². The first-order chi connectivity index (χ1) is 7.47. The average molecular weight is 227 g/mol. The monoisotopic (exact) mass is 227 g/mol. The molecule has 0 radical (unpaired) electrons. The van der Waals surface area contributed by atoms with Crippen molar-refractivity contribution in [3.05, 3.63) is 28.8 Å². The topological polar surface area (TPSA) is 81.3 Å². The second-order valence-corrected chi connectivity index (χ2v) is 3.01. The summed E-state index contributed by atoms with van der Waals surface area (Å²) in [7, 11) is 0. The van der Waals surface area contributed by atoms with Gasteiger partial charge in [-0.1, -0.05) is 0 Å². The van der Waals surface area contributed by atoms with Gasteiger partial charge in [-0.3, -0.25) is 4.79 Å². The maximum atomic E-state index is 12.5. The van der Waals surface area contributed by atoms with E-state index in [0.717, 1.165) is 12.1 Å². The Morgan fingerprint density at radius 2 is 2.12 bits per heavy atom. The highest BCUT2D eigenvalue weighted by atomic mass is 19.3. The van der Waals surface area contributed by atoms with Gasteiger partial charge in [0.15, 0.2) is 0 Å². The van der Waals surface area contributed by atoms with E-state index in [1.165, 1.54) is 6.07 Å². The number of halogens is 2. The van der Waals surface area contributed by atoms with Crippen LogP contribution in [-0.4, -0.2) is 16.2 Å². The van der Waals surface area contributed by atoms with Crippen molar-refractivity contribution in [3.8, 4) is 11.8 Å². The molecule has 16 heavy (non-hydrogen) atoms. The number of carboxylic acid groups (broad SMARTS) is 1. The lowest BCUT2D eigenvalue weighted by Gasteiger charge is -2.09. The maximum absolute atomic E-state index is 12.5. The Morgan fingerprint density at radius 1 is 1.50 bits per heavy atom. The molecule has 0 unspecified atom stereocenters. The number of carboxylic acids is 1. The zero-order valence-electron chi connectivity index (χ0n) is 7.94. The Balaban J connectivity index is 3.39. The van der Waals surface area contributed by atoms with E-state index in [-0.39, 0.29) is 5.56 Å². The van der Waals surface area contributed by atoms with Crippen LogP contribution in [0, 0.1) is 11.3 Å². The van der Waals surface area contributed by atoms with Gasteiger partial charge in [0.1, 0.15) is 11.8 Å². The van der Waals surface area contributed by atoms with Crippen LogP contribution in [0.4, 0.5) is 8.78 Å². The molecule has 84 valence electrons. The number of rotatable bonds is 3. The summed E-state index contributed by atoms with van der Waals surface area (Å²) in [5.41, 5.74) is -1.33. The summed E-state index contributed by atoms with van der Waals surface area (Å²) in [5.74, 6) is -1.78. The van der Waals surface area contributed by atoms with Crippen LogP contribution in [0.15, 0.2) is 12.1 Å². The molecule has 1 aromatic carbocycles. The van der Waals surface area contributed by atoms with Crippen LogP contribution in [0.1, 0.15) is 23.1 Å². The van der Waals surface area contributed by atoms with Crippen molar-refractivity contribution in [1.82, 2.24) is 0 Å². The molecular weight excluding hydrogens is 220 g/mol. The molecule has 0 bridgehead atoms. The number of benzene rings is 1. The molecule has 0 aliphatic rings. The molecule has 1 aromatic rings. The molecule has 0 spiro atoms. The Kier molecular flexibility index (Phi) is 3.40. The molecule has 0 saturated carbocycles. The number of phenolic OH excluding ortho intramolecular Hbond substituents is 1. The van der Waals surface area contributed by atoms with Crippen LogP contribution < -0.4 is 0 Å². The molecule has 0 heterocycles. The number of alkyl halides is 2. The molecule has 0 atom stereocenters. The van der Waals surface area contributed by atoms with Gasteiger partial charge in [0.05, 0.1) is 12.0 Å². The molecule has 1 rings (SSSR count). The summed E-state index contributed by atoms with van der Waals surface area (Å²) in [6, 6.07) is 3.35. The van der Waals surface area contributed by atoms with Crippen LogP contribution in [0.3, 0.4) is 0 Å². The first kappa shape index (κ1) is 11.9. The molecule has 0 saturated heterocycles. The first-order valence-corrected chi connectivity index (χ1v) is 4.22. The molecule has 0 amide bonds. The number of hydrogen-bond acceptors (Lipinski definition) is 3. The minimum atomic E-state index is -2.89. The zero-order chi connectivity index (χ0) is 12.3. The summed E-state index contributed by atoms with van der Waals surface area (Å²) in [4.78, 5) is 10.5. The molecule has 4 nitrogen and oxygen atoms in total. The predicted molar refractivity (Wildman–Crippen MR) is 49.1 cm³/mol. The summed E-state index contributed by atoms with van der Waals surface area (Å²) in [6.45, 7) is 0. The summed E-state index contributed by atoms with van der Waals surface area (Å²) in [6.07, 6.45) is -3.56. The number of aliphatic carboxylic acids is 1. The lowest BCUT2D eigenvalue weighted by molar-refractivity contribution is -0.136. The maximum Gasteiger partial charge on any atom is 0.308 e. The fourth-order valence-electron chi connectivity index (χ4n) is 1.30. The van der Waals surface area contributed by atoms with Crippen LogP contribution >= 0.6 is 0 Å². The largest absolute Gasteiger partial charge is 0.508 e. The van der Waals surface area contributed by atoms with Crippen molar-refractivity contribution >= 4 is 5.97 Å². The standard InChI is InChI=1S/C10H7F2NO3/c11-10(12)5-1-2-8(14)6(3-9(15)16)7(5)4-13/h1-2,10,14H,3H2,(H,15,16). The number of aromatic hydroxyl groups is 1. The van der Waals surface area contributed by atoms with Gasteiger partial charge in [0.2, 0.25) is 0 Å². The third kappa shape index (κ3) is 2.25. The van der Waals surface area contributed by atoms with Gasteiger partial charge in [0, 0.05) is 11.1 Å². The number of nitriles is 1. The Bertz CT molecular complexity index is 466. The highest BCUT2D eigenvalue weighted by molar-refractivity contribution is 5.73. The number of nitrogens with zero attached hydrogens (tertiary/aromatic N) is 1. The second kappa shape index (κ2) is 4.57. The van der Waals surface area contributed by atoms with E-state index < -0.39 is 35.7 Å². The van der Waals surface area contributed by atoms with Crippen LogP contribution in [0.2, 0.25) is 0 Å². The van der Waals surface area contributed by atoms with Gasteiger partial charge in [-0.25, -0.2) is 8.78 Å². The third-order valence-corrected chi connectivity index (χ3v) is 2.00. The summed E-state index contributed by atoms with van der Waals surface area (Å²) >= 11 is 0. The van der Waals surface area contributed by atoms with Gasteiger partial charge in [0.25, 0.3) is 6.43 Å². The molecule has 6 heteroatoms. The van der Waals surface area contributed by atoms with E-state index in [1.807, 2.05) is 0 Å². The lowest BCUT2D eigenvalue weighted by atomic mass is 9.99.